The molecule has 0 atom stereocenters. The van der Waals surface area contributed by atoms with Gasteiger partial charge in [-0.15, -0.1) is 0 Å². The lowest BCUT2D eigenvalue weighted by Gasteiger charge is -2.09. The zero-order chi connectivity index (χ0) is 13.2. The molecule has 0 aliphatic carbocycles. The molecule has 2 rings (SSSR count). The number of nitriles is 1. The molecule has 2 aromatic carbocycles. The Bertz CT molecular complexity index is 609. The van der Waals surface area contributed by atoms with Crippen LogP contribution in [0.1, 0.15) is 11.1 Å². The molecule has 0 spiro atoms. The molecule has 1 nitrogen and oxygen atoms in total. The van der Waals surface area contributed by atoms with Crippen molar-refractivity contribution >= 4 is 0 Å². The number of hydrogen-bond donors (Lipinski definition) is 0. The number of benzene rings is 2. The third-order valence-electron chi connectivity index (χ3n) is 2.47. The molecule has 0 saturated carbocycles. The third kappa shape index (κ3) is 2.35. The highest BCUT2D eigenvalue weighted by Crippen LogP contribution is 2.32. The van der Waals surface area contributed by atoms with Gasteiger partial charge < -0.3 is 0 Å². The monoisotopic (exact) mass is 246 g/mol. The number of nitrogens with zero attached hydrogens (tertiary/aromatic N) is 1. The van der Waals surface area contributed by atoms with Crippen LogP contribution in [-0.2, 0) is 6.18 Å². The molecule has 0 N–H and O–H groups in total. The SMILES string of the molecule is N#Cc1ccccc1-c1cc[c]c(C(F)(F)F)c1. The van der Waals surface area contributed by atoms with Gasteiger partial charge in [0.25, 0.3) is 0 Å². The van der Waals surface area contributed by atoms with Crippen molar-refractivity contribution in [3.8, 4) is 17.2 Å². The van der Waals surface area contributed by atoms with E-state index in [1.54, 1.807) is 24.3 Å². The van der Waals surface area contributed by atoms with E-state index >= 15 is 0 Å². The van der Waals surface area contributed by atoms with E-state index in [9.17, 15) is 13.2 Å². The van der Waals surface area contributed by atoms with Crippen LogP contribution in [0, 0.1) is 17.4 Å². The van der Waals surface area contributed by atoms with E-state index < -0.39 is 11.7 Å². The third-order valence-corrected chi connectivity index (χ3v) is 2.47. The van der Waals surface area contributed by atoms with Crippen molar-refractivity contribution in [2.24, 2.45) is 0 Å². The van der Waals surface area contributed by atoms with E-state index in [4.69, 9.17) is 5.26 Å². The number of alkyl halides is 3. The first-order valence-corrected chi connectivity index (χ1v) is 5.11. The van der Waals surface area contributed by atoms with Crippen molar-refractivity contribution in [2.75, 3.05) is 0 Å². The first-order chi connectivity index (χ1) is 8.52. The molecule has 89 valence electrons. The summed E-state index contributed by atoms with van der Waals surface area (Å²) in [5, 5.41) is 8.93. The molecule has 4 heteroatoms. The van der Waals surface area contributed by atoms with Gasteiger partial charge in [0, 0.05) is 0 Å². The lowest BCUT2D eigenvalue weighted by atomic mass is 9.99. The molecule has 0 unspecified atom stereocenters. The van der Waals surface area contributed by atoms with Gasteiger partial charge >= 0.3 is 6.18 Å². The Morgan fingerprint density at radius 1 is 1.11 bits per heavy atom. The van der Waals surface area contributed by atoms with Crippen LogP contribution in [0.15, 0.2) is 42.5 Å². The van der Waals surface area contributed by atoms with E-state index in [1.165, 1.54) is 12.1 Å². The van der Waals surface area contributed by atoms with Gasteiger partial charge in [0.1, 0.15) is 0 Å². The Morgan fingerprint density at radius 3 is 2.50 bits per heavy atom. The maximum atomic E-state index is 12.6. The second-order valence-electron chi connectivity index (χ2n) is 3.65. The van der Waals surface area contributed by atoms with Crippen molar-refractivity contribution in [1.29, 1.82) is 5.26 Å². The van der Waals surface area contributed by atoms with Gasteiger partial charge in [0.2, 0.25) is 0 Å². The average Bonchev–Trinajstić information content (AvgIpc) is 2.38. The van der Waals surface area contributed by atoms with Crippen LogP contribution in [0.2, 0.25) is 0 Å². The van der Waals surface area contributed by atoms with Crippen molar-refractivity contribution in [1.82, 2.24) is 0 Å². The van der Waals surface area contributed by atoms with Crippen LogP contribution in [0.3, 0.4) is 0 Å². The number of halogens is 3. The largest absolute Gasteiger partial charge is 0.417 e. The summed E-state index contributed by atoms with van der Waals surface area (Å²) in [6, 6.07) is 14.4. The summed E-state index contributed by atoms with van der Waals surface area (Å²) in [4.78, 5) is 0. The fourth-order valence-corrected chi connectivity index (χ4v) is 1.63. The number of hydrogen-bond acceptors (Lipinski definition) is 1. The van der Waals surface area contributed by atoms with Gasteiger partial charge in [-0.2, -0.15) is 18.4 Å². The van der Waals surface area contributed by atoms with Gasteiger partial charge in [-0.05, 0) is 29.3 Å². The van der Waals surface area contributed by atoms with Crippen LogP contribution < -0.4 is 0 Å². The van der Waals surface area contributed by atoms with Crippen LogP contribution in [-0.4, -0.2) is 0 Å². The molecule has 0 heterocycles. The maximum Gasteiger partial charge on any atom is 0.417 e. The Morgan fingerprint density at radius 2 is 1.83 bits per heavy atom. The minimum atomic E-state index is -4.43. The summed E-state index contributed by atoms with van der Waals surface area (Å²) in [5.41, 5.74) is 0.349. The minimum absolute atomic E-state index is 0.344. The highest BCUT2D eigenvalue weighted by atomic mass is 19.4. The second-order valence-corrected chi connectivity index (χ2v) is 3.65. The molecule has 0 bridgehead atoms. The standard InChI is InChI=1S/C14H7F3N/c15-14(16,17)12-6-3-5-10(8-12)13-7-2-1-4-11(13)9-18/h1-5,7-8H. The van der Waals surface area contributed by atoms with E-state index in [0.717, 1.165) is 6.07 Å². The van der Waals surface area contributed by atoms with Crippen LogP contribution in [0.25, 0.3) is 11.1 Å². The fraction of sp³-hybridized carbons (Fsp3) is 0.0714. The topological polar surface area (TPSA) is 23.8 Å². The summed E-state index contributed by atoms with van der Waals surface area (Å²) in [6.45, 7) is 0. The molecule has 0 saturated heterocycles. The highest BCUT2D eigenvalue weighted by Gasteiger charge is 2.30. The lowest BCUT2D eigenvalue weighted by molar-refractivity contribution is -0.137. The Balaban J connectivity index is 2.56. The molecule has 0 aromatic heterocycles. The zero-order valence-electron chi connectivity index (χ0n) is 9.12. The second kappa shape index (κ2) is 4.53. The molecule has 0 aliphatic rings. The normalized spacial score (nSPS) is 11.0. The molecule has 0 amide bonds. The molecule has 2 aromatic rings. The van der Waals surface area contributed by atoms with Crippen LogP contribution >= 0.6 is 0 Å². The molecular weight excluding hydrogens is 239 g/mol. The zero-order valence-corrected chi connectivity index (χ0v) is 9.12. The summed E-state index contributed by atoms with van der Waals surface area (Å²) in [6.07, 6.45) is -4.43. The van der Waals surface area contributed by atoms with E-state index in [1.807, 2.05) is 6.07 Å². The Kier molecular flexibility index (Phi) is 3.07. The van der Waals surface area contributed by atoms with Crippen molar-refractivity contribution in [2.45, 2.75) is 6.18 Å². The molecular formula is C14H7F3N. The molecule has 1 radical (unpaired) electrons. The summed E-state index contributed by atoms with van der Waals surface area (Å²) >= 11 is 0. The quantitative estimate of drug-likeness (QED) is 0.744. The van der Waals surface area contributed by atoms with Gasteiger partial charge in [-0.1, -0.05) is 30.3 Å². The van der Waals surface area contributed by atoms with Gasteiger partial charge in [-0.3, -0.25) is 0 Å². The maximum absolute atomic E-state index is 12.6. The lowest BCUT2D eigenvalue weighted by Crippen LogP contribution is -2.04. The van der Waals surface area contributed by atoms with Crippen molar-refractivity contribution in [3.05, 3.63) is 59.7 Å². The summed E-state index contributed by atoms with van der Waals surface area (Å²) in [7, 11) is 0. The first-order valence-electron chi connectivity index (χ1n) is 5.11. The predicted molar refractivity (Wildman–Crippen MR) is 60.4 cm³/mol. The van der Waals surface area contributed by atoms with Gasteiger partial charge in [-0.25, -0.2) is 0 Å². The van der Waals surface area contributed by atoms with Gasteiger partial charge in [0.05, 0.1) is 17.2 Å². The first kappa shape index (κ1) is 12.2. The average molecular weight is 246 g/mol. The van der Waals surface area contributed by atoms with Crippen molar-refractivity contribution in [3.63, 3.8) is 0 Å². The van der Waals surface area contributed by atoms with Crippen LogP contribution in [0.5, 0.6) is 0 Å². The Labute approximate surface area is 102 Å². The van der Waals surface area contributed by atoms with Gasteiger partial charge in [0.15, 0.2) is 0 Å². The van der Waals surface area contributed by atoms with E-state index in [2.05, 4.69) is 6.07 Å². The fourth-order valence-electron chi connectivity index (χ4n) is 1.63. The molecule has 18 heavy (non-hydrogen) atoms. The van der Waals surface area contributed by atoms with E-state index in [-0.39, 0.29) is 0 Å². The smallest absolute Gasteiger partial charge is 0.192 e. The van der Waals surface area contributed by atoms with Crippen molar-refractivity contribution < 1.29 is 13.2 Å². The molecule has 0 aliphatic heterocycles. The predicted octanol–water partition coefficient (Wildman–Crippen LogP) is 4.04. The molecule has 0 fully saturated rings. The highest BCUT2D eigenvalue weighted by molar-refractivity contribution is 5.70. The Hall–Kier alpha value is -2.28. The minimum Gasteiger partial charge on any atom is -0.192 e. The van der Waals surface area contributed by atoms with E-state index in [0.29, 0.717) is 16.7 Å². The summed E-state index contributed by atoms with van der Waals surface area (Å²) in [5.74, 6) is 0. The number of rotatable bonds is 1. The summed E-state index contributed by atoms with van der Waals surface area (Å²) < 4.78 is 37.7. The van der Waals surface area contributed by atoms with Crippen LogP contribution in [0.4, 0.5) is 13.2 Å².